The van der Waals surface area contributed by atoms with E-state index in [-0.39, 0.29) is 0 Å². The molecule has 0 atom stereocenters. The Labute approximate surface area is 67.1 Å². The number of rotatable bonds is 2. The molecule has 0 radical (unpaired) electrons. The van der Waals surface area contributed by atoms with Crippen molar-refractivity contribution >= 4 is 6.21 Å². The summed E-state index contributed by atoms with van der Waals surface area (Å²) in [5, 5.41) is 14.1. The smallest absolute Gasteiger partial charge is 0.209 e. The van der Waals surface area contributed by atoms with Crippen LogP contribution in [0.1, 0.15) is 6.92 Å². The Morgan fingerprint density at radius 1 is 1.55 bits per heavy atom. The van der Waals surface area contributed by atoms with Gasteiger partial charge in [-0.05, 0) is 0 Å². The Morgan fingerprint density at radius 2 is 2.18 bits per heavy atom. The summed E-state index contributed by atoms with van der Waals surface area (Å²) in [5.41, 5.74) is 0. The van der Waals surface area contributed by atoms with E-state index in [1.807, 2.05) is 0 Å². The highest BCUT2D eigenvalue weighted by Gasteiger charge is 2.10. The third kappa shape index (κ3) is 2.86. The normalized spacial score (nSPS) is 22.1. The minimum atomic E-state index is 0.512. The highest BCUT2D eigenvalue weighted by atomic mass is 16.5. The average Bonchev–Trinajstić information content (AvgIpc) is 2.06. The van der Waals surface area contributed by atoms with Gasteiger partial charge in [0.05, 0.1) is 0 Å². The molecule has 1 saturated heterocycles. The van der Waals surface area contributed by atoms with Gasteiger partial charge in [-0.3, -0.25) is 0 Å². The first-order valence-electron chi connectivity index (χ1n) is 3.99. The van der Waals surface area contributed by atoms with E-state index in [1.165, 1.54) is 0 Å². The van der Waals surface area contributed by atoms with Crippen LogP contribution >= 0.6 is 0 Å². The number of nitrogens with zero attached hydrogens (tertiary/aromatic N) is 2. The lowest BCUT2D eigenvalue weighted by Gasteiger charge is -2.25. The molecule has 1 fully saturated rings. The summed E-state index contributed by atoms with van der Waals surface area (Å²) in [5.74, 6) is 0. The maximum Gasteiger partial charge on any atom is 0.209 e. The quantitative estimate of drug-likeness (QED) is 0.253. The molecule has 0 aromatic carbocycles. The Morgan fingerprint density at radius 3 is 2.73 bits per heavy atom. The molecule has 0 aromatic rings. The third-order valence-electron chi connectivity index (χ3n) is 1.84. The van der Waals surface area contributed by atoms with Crippen LogP contribution in [0.4, 0.5) is 0 Å². The zero-order valence-corrected chi connectivity index (χ0v) is 6.92. The zero-order valence-electron chi connectivity index (χ0n) is 6.92. The molecular weight excluding hydrogens is 142 g/mol. The Hall–Kier alpha value is -0.610. The first-order chi connectivity index (χ1) is 5.33. The molecule has 0 bridgehead atoms. The van der Waals surface area contributed by atoms with Crippen molar-refractivity contribution in [1.29, 1.82) is 0 Å². The Kier molecular flexibility index (Phi) is 3.32. The van der Waals surface area contributed by atoms with Gasteiger partial charge in [0.1, 0.15) is 6.21 Å². The molecule has 4 nitrogen and oxygen atoms in total. The van der Waals surface area contributed by atoms with Crippen molar-refractivity contribution in [3.05, 3.63) is 5.21 Å². The van der Waals surface area contributed by atoms with E-state index < -0.39 is 0 Å². The summed E-state index contributed by atoms with van der Waals surface area (Å²) >= 11 is 0. The van der Waals surface area contributed by atoms with Gasteiger partial charge in [0.2, 0.25) is 6.67 Å². The van der Waals surface area contributed by atoms with Gasteiger partial charge < -0.3 is 10.5 Å². The lowest BCUT2D eigenvalue weighted by atomic mass is 10.4. The third-order valence-corrected chi connectivity index (χ3v) is 1.84. The van der Waals surface area contributed by atoms with Crippen molar-refractivity contribution in [3.63, 3.8) is 0 Å². The summed E-state index contributed by atoms with van der Waals surface area (Å²) < 4.78 is 0.964. The van der Waals surface area contributed by atoms with Crippen LogP contribution in [0.5, 0.6) is 0 Å². The first kappa shape index (κ1) is 8.49. The Balaban J connectivity index is 2.24. The molecule has 1 aliphatic heterocycles. The van der Waals surface area contributed by atoms with E-state index >= 15 is 0 Å². The molecule has 64 valence electrons. The molecule has 1 heterocycles. The number of nitrogens with one attached hydrogen (secondary N) is 1. The summed E-state index contributed by atoms with van der Waals surface area (Å²) in [6, 6.07) is 0. The van der Waals surface area contributed by atoms with Crippen molar-refractivity contribution in [3.8, 4) is 0 Å². The average molecular weight is 157 g/mol. The standard InChI is InChI=1S/C7H15N3O/c1-2-10(11)7-9-5-3-8-4-6-9/h2,8H,3-7H2,1H3/b10-2-. The second-order valence-electron chi connectivity index (χ2n) is 2.68. The van der Waals surface area contributed by atoms with E-state index in [0.29, 0.717) is 6.67 Å². The van der Waals surface area contributed by atoms with Gasteiger partial charge in [-0.1, -0.05) is 0 Å². The van der Waals surface area contributed by atoms with Gasteiger partial charge in [0.25, 0.3) is 0 Å². The fourth-order valence-corrected chi connectivity index (χ4v) is 1.13. The predicted molar refractivity (Wildman–Crippen MR) is 44.7 cm³/mol. The first-order valence-corrected chi connectivity index (χ1v) is 3.99. The molecular formula is C7H15N3O. The number of hydrogen-bond acceptors (Lipinski definition) is 3. The molecule has 0 saturated carbocycles. The minimum absolute atomic E-state index is 0.512. The molecule has 0 aliphatic carbocycles. The van der Waals surface area contributed by atoms with Crippen LogP contribution in [0.15, 0.2) is 0 Å². The van der Waals surface area contributed by atoms with E-state index in [4.69, 9.17) is 0 Å². The number of piperazine rings is 1. The Bertz CT molecular complexity index is 141. The molecule has 1 rings (SSSR count). The van der Waals surface area contributed by atoms with Gasteiger partial charge in [0, 0.05) is 33.1 Å². The van der Waals surface area contributed by atoms with Gasteiger partial charge >= 0.3 is 0 Å². The van der Waals surface area contributed by atoms with Crippen molar-refractivity contribution in [2.24, 2.45) is 0 Å². The van der Waals surface area contributed by atoms with Crippen LogP contribution < -0.4 is 5.32 Å². The lowest BCUT2D eigenvalue weighted by Crippen LogP contribution is -2.45. The van der Waals surface area contributed by atoms with Crippen molar-refractivity contribution in [2.75, 3.05) is 32.8 Å². The number of hydrogen-bond donors (Lipinski definition) is 1. The minimum Gasteiger partial charge on any atom is -0.623 e. The molecule has 0 amide bonds. The molecule has 0 unspecified atom stereocenters. The SMILES string of the molecule is C/C=[N+](\[O-])CN1CCNCC1. The molecule has 11 heavy (non-hydrogen) atoms. The van der Waals surface area contributed by atoms with Crippen molar-refractivity contribution in [1.82, 2.24) is 10.2 Å². The monoisotopic (exact) mass is 157 g/mol. The maximum atomic E-state index is 10.9. The largest absolute Gasteiger partial charge is 0.623 e. The highest BCUT2D eigenvalue weighted by Crippen LogP contribution is 1.90. The molecule has 1 N–H and O–H groups in total. The molecule has 1 aliphatic rings. The second-order valence-corrected chi connectivity index (χ2v) is 2.68. The van der Waals surface area contributed by atoms with Crippen LogP contribution in [0.2, 0.25) is 0 Å². The van der Waals surface area contributed by atoms with Gasteiger partial charge in [-0.15, -0.1) is 0 Å². The molecule has 0 spiro atoms. The van der Waals surface area contributed by atoms with Gasteiger partial charge in [0.15, 0.2) is 0 Å². The highest BCUT2D eigenvalue weighted by molar-refractivity contribution is 5.46. The van der Waals surface area contributed by atoms with Crippen LogP contribution in [-0.4, -0.2) is 48.7 Å². The van der Waals surface area contributed by atoms with E-state index in [9.17, 15) is 5.21 Å². The molecule has 0 aromatic heterocycles. The van der Waals surface area contributed by atoms with E-state index in [2.05, 4.69) is 10.2 Å². The summed E-state index contributed by atoms with van der Waals surface area (Å²) in [7, 11) is 0. The van der Waals surface area contributed by atoms with Crippen LogP contribution in [0, 0.1) is 5.21 Å². The maximum absolute atomic E-state index is 10.9. The van der Waals surface area contributed by atoms with Crippen LogP contribution in [-0.2, 0) is 0 Å². The van der Waals surface area contributed by atoms with Crippen molar-refractivity contribution in [2.45, 2.75) is 6.92 Å². The summed E-state index contributed by atoms with van der Waals surface area (Å²) in [6.45, 7) is 6.22. The topological polar surface area (TPSA) is 41.3 Å². The lowest BCUT2D eigenvalue weighted by molar-refractivity contribution is -0.479. The van der Waals surface area contributed by atoms with Gasteiger partial charge in [-0.25, -0.2) is 9.64 Å². The molecule has 4 heteroatoms. The summed E-state index contributed by atoms with van der Waals surface area (Å²) in [4.78, 5) is 2.14. The second kappa shape index (κ2) is 4.31. The van der Waals surface area contributed by atoms with Crippen LogP contribution in [0.25, 0.3) is 0 Å². The fraction of sp³-hybridized carbons (Fsp3) is 0.857. The van der Waals surface area contributed by atoms with Crippen LogP contribution in [0.3, 0.4) is 0 Å². The van der Waals surface area contributed by atoms with Gasteiger partial charge in [-0.2, -0.15) is 0 Å². The van der Waals surface area contributed by atoms with E-state index in [1.54, 1.807) is 13.1 Å². The summed E-state index contributed by atoms with van der Waals surface area (Å²) in [6.07, 6.45) is 1.56. The fourth-order valence-electron chi connectivity index (χ4n) is 1.13. The number of hydroxylamine groups is 1. The predicted octanol–water partition coefficient (Wildman–Crippen LogP) is -0.550. The van der Waals surface area contributed by atoms with Crippen molar-refractivity contribution < 1.29 is 4.74 Å². The zero-order chi connectivity index (χ0) is 8.10. The van der Waals surface area contributed by atoms with E-state index in [0.717, 1.165) is 30.9 Å².